The standard InChI is InChI=1S/C15H27NO4/c1-10(2)8-11-6-7-16(9-12(11)13(17)18)14(19)20-15(3,4)5/h10-12H,6-9H2,1-5H3,(H,17,18)/t11-,12-/m1/s1. The van der Waals surface area contributed by atoms with Crippen LogP contribution in [0, 0.1) is 17.8 Å². The number of hydrogen-bond acceptors (Lipinski definition) is 3. The largest absolute Gasteiger partial charge is 0.481 e. The Bertz CT molecular complexity index is 359. The van der Waals surface area contributed by atoms with Crippen LogP contribution in [0.25, 0.3) is 0 Å². The van der Waals surface area contributed by atoms with Gasteiger partial charge < -0.3 is 14.7 Å². The molecule has 1 aliphatic heterocycles. The highest BCUT2D eigenvalue weighted by Gasteiger charge is 2.37. The van der Waals surface area contributed by atoms with Gasteiger partial charge in [-0.1, -0.05) is 13.8 Å². The Kier molecular flexibility index (Phi) is 5.42. The third kappa shape index (κ3) is 5.02. The predicted molar refractivity (Wildman–Crippen MR) is 76.5 cm³/mol. The molecule has 0 bridgehead atoms. The minimum absolute atomic E-state index is 0.145. The monoisotopic (exact) mass is 285 g/mol. The van der Waals surface area contributed by atoms with E-state index in [1.165, 1.54) is 4.90 Å². The van der Waals surface area contributed by atoms with Gasteiger partial charge in [0.1, 0.15) is 5.60 Å². The van der Waals surface area contributed by atoms with Crippen LogP contribution in [0.4, 0.5) is 4.79 Å². The Morgan fingerprint density at radius 1 is 1.35 bits per heavy atom. The van der Waals surface area contributed by atoms with E-state index in [-0.39, 0.29) is 12.5 Å². The molecule has 1 amide bonds. The van der Waals surface area contributed by atoms with Crippen LogP contribution in [-0.2, 0) is 9.53 Å². The molecule has 2 atom stereocenters. The Balaban J connectivity index is 2.68. The van der Waals surface area contributed by atoms with Gasteiger partial charge in [-0.3, -0.25) is 4.79 Å². The first-order valence-electron chi connectivity index (χ1n) is 7.31. The van der Waals surface area contributed by atoms with Crippen molar-refractivity contribution in [2.45, 2.75) is 53.1 Å². The molecule has 0 aromatic heterocycles. The van der Waals surface area contributed by atoms with Crippen LogP contribution in [0.1, 0.15) is 47.5 Å². The smallest absolute Gasteiger partial charge is 0.410 e. The molecule has 20 heavy (non-hydrogen) atoms. The lowest BCUT2D eigenvalue weighted by molar-refractivity contribution is -0.146. The van der Waals surface area contributed by atoms with Crippen molar-refractivity contribution in [2.75, 3.05) is 13.1 Å². The number of ether oxygens (including phenoxy) is 1. The molecule has 0 unspecified atom stereocenters. The highest BCUT2D eigenvalue weighted by atomic mass is 16.6. The number of hydrogen-bond donors (Lipinski definition) is 1. The summed E-state index contributed by atoms with van der Waals surface area (Å²) in [5.41, 5.74) is -0.551. The average molecular weight is 285 g/mol. The molecule has 0 spiro atoms. The Hall–Kier alpha value is -1.26. The lowest BCUT2D eigenvalue weighted by Gasteiger charge is -2.37. The van der Waals surface area contributed by atoms with Gasteiger partial charge in [-0.25, -0.2) is 4.79 Å². The molecule has 1 fully saturated rings. The summed E-state index contributed by atoms with van der Waals surface area (Å²) in [4.78, 5) is 25.0. The van der Waals surface area contributed by atoms with Crippen molar-refractivity contribution >= 4 is 12.1 Å². The van der Waals surface area contributed by atoms with Crippen LogP contribution < -0.4 is 0 Å². The molecule has 0 radical (unpaired) electrons. The molecule has 0 aromatic rings. The number of likely N-dealkylation sites (tertiary alicyclic amines) is 1. The third-order valence-corrected chi connectivity index (χ3v) is 3.50. The zero-order chi connectivity index (χ0) is 15.5. The zero-order valence-electron chi connectivity index (χ0n) is 13.2. The van der Waals surface area contributed by atoms with E-state index in [1.807, 2.05) is 20.8 Å². The van der Waals surface area contributed by atoms with Gasteiger partial charge in [0.05, 0.1) is 5.92 Å². The van der Waals surface area contributed by atoms with Crippen LogP contribution in [0.15, 0.2) is 0 Å². The Morgan fingerprint density at radius 2 is 1.95 bits per heavy atom. The summed E-state index contributed by atoms with van der Waals surface area (Å²) in [5.74, 6) is -0.691. The molecular weight excluding hydrogens is 258 g/mol. The second kappa shape index (κ2) is 6.46. The summed E-state index contributed by atoms with van der Waals surface area (Å²) in [6.07, 6.45) is 1.21. The number of amides is 1. The first-order chi connectivity index (χ1) is 9.10. The van der Waals surface area contributed by atoms with Crippen molar-refractivity contribution in [3.63, 3.8) is 0 Å². The maximum absolute atomic E-state index is 12.0. The minimum atomic E-state index is -0.816. The van der Waals surface area contributed by atoms with Crippen molar-refractivity contribution in [1.82, 2.24) is 4.90 Å². The summed E-state index contributed by atoms with van der Waals surface area (Å²) in [7, 11) is 0. The summed E-state index contributed by atoms with van der Waals surface area (Å²) in [6, 6.07) is 0. The maximum atomic E-state index is 12.0. The lowest BCUT2D eigenvalue weighted by Crippen LogP contribution is -2.48. The molecule has 1 heterocycles. The van der Waals surface area contributed by atoms with Gasteiger partial charge >= 0.3 is 12.1 Å². The number of piperidine rings is 1. The lowest BCUT2D eigenvalue weighted by atomic mass is 9.80. The van der Waals surface area contributed by atoms with Crippen molar-refractivity contribution in [2.24, 2.45) is 17.8 Å². The van der Waals surface area contributed by atoms with Crippen molar-refractivity contribution in [1.29, 1.82) is 0 Å². The van der Waals surface area contributed by atoms with Crippen molar-refractivity contribution in [3.05, 3.63) is 0 Å². The SMILES string of the molecule is CC(C)C[C@H]1CCN(C(=O)OC(C)(C)C)C[C@H]1C(=O)O. The predicted octanol–water partition coefficient (Wildman–Crippen LogP) is 2.99. The van der Waals surface area contributed by atoms with E-state index in [1.54, 1.807) is 0 Å². The van der Waals surface area contributed by atoms with Crippen LogP contribution in [0.2, 0.25) is 0 Å². The molecule has 0 aliphatic carbocycles. The number of aliphatic carboxylic acids is 1. The molecule has 0 saturated carbocycles. The van der Waals surface area contributed by atoms with Gasteiger partial charge in [0, 0.05) is 13.1 Å². The van der Waals surface area contributed by atoms with E-state index >= 15 is 0 Å². The summed E-state index contributed by atoms with van der Waals surface area (Å²) in [5, 5.41) is 9.37. The fourth-order valence-electron chi connectivity index (χ4n) is 2.66. The van der Waals surface area contributed by atoms with Crippen LogP contribution in [0.5, 0.6) is 0 Å². The molecule has 5 nitrogen and oxygen atoms in total. The minimum Gasteiger partial charge on any atom is -0.481 e. The van der Waals surface area contributed by atoms with E-state index in [9.17, 15) is 14.7 Å². The summed E-state index contributed by atoms with van der Waals surface area (Å²) >= 11 is 0. The average Bonchev–Trinajstić information content (AvgIpc) is 2.25. The van der Waals surface area contributed by atoms with Gasteiger partial charge in [0.2, 0.25) is 0 Å². The Labute approximate surface area is 121 Å². The fraction of sp³-hybridized carbons (Fsp3) is 0.867. The van der Waals surface area contributed by atoms with Gasteiger partial charge in [-0.2, -0.15) is 0 Å². The van der Waals surface area contributed by atoms with Gasteiger partial charge in [-0.05, 0) is 45.4 Å². The fourth-order valence-corrected chi connectivity index (χ4v) is 2.66. The number of carbonyl (C=O) groups excluding carboxylic acids is 1. The first-order valence-corrected chi connectivity index (χ1v) is 7.31. The van der Waals surface area contributed by atoms with Gasteiger partial charge in [0.25, 0.3) is 0 Å². The maximum Gasteiger partial charge on any atom is 0.410 e. The zero-order valence-corrected chi connectivity index (χ0v) is 13.2. The van der Waals surface area contributed by atoms with Crippen LogP contribution in [-0.4, -0.2) is 40.8 Å². The highest BCUT2D eigenvalue weighted by molar-refractivity contribution is 5.73. The van der Waals surface area contributed by atoms with Crippen molar-refractivity contribution < 1.29 is 19.4 Å². The van der Waals surface area contributed by atoms with Crippen LogP contribution in [0.3, 0.4) is 0 Å². The van der Waals surface area contributed by atoms with Crippen LogP contribution >= 0.6 is 0 Å². The molecule has 1 rings (SSSR count). The molecule has 116 valence electrons. The first kappa shape index (κ1) is 16.8. The molecule has 0 aromatic carbocycles. The number of carbonyl (C=O) groups is 2. The number of nitrogens with zero attached hydrogens (tertiary/aromatic N) is 1. The number of rotatable bonds is 3. The normalized spacial score (nSPS) is 23.8. The molecule has 5 heteroatoms. The molecule has 1 saturated heterocycles. The van der Waals surface area contributed by atoms with Gasteiger partial charge in [-0.15, -0.1) is 0 Å². The van der Waals surface area contributed by atoms with Gasteiger partial charge in [0.15, 0.2) is 0 Å². The number of carboxylic acids is 1. The summed E-state index contributed by atoms with van der Waals surface area (Å²) < 4.78 is 5.32. The van der Waals surface area contributed by atoms with E-state index < -0.39 is 23.6 Å². The second-order valence-electron chi connectivity index (χ2n) is 7.05. The molecular formula is C15H27NO4. The van der Waals surface area contributed by atoms with E-state index in [0.29, 0.717) is 12.5 Å². The Morgan fingerprint density at radius 3 is 2.40 bits per heavy atom. The van der Waals surface area contributed by atoms with E-state index in [4.69, 9.17) is 4.74 Å². The van der Waals surface area contributed by atoms with Crippen molar-refractivity contribution in [3.8, 4) is 0 Å². The highest BCUT2D eigenvalue weighted by Crippen LogP contribution is 2.30. The quantitative estimate of drug-likeness (QED) is 0.865. The summed E-state index contributed by atoms with van der Waals surface area (Å²) in [6.45, 7) is 10.5. The van der Waals surface area contributed by atoms with E-state index in [2.05, 4.69) is 13.8 Å². The second-order valence-corrected chi connectivity index (χ2v) is 7.05. The topological polar surface area (TPSA) is 66.8 Å². The molecule has 1 N–H and O–H groups in total. The third-order valence-electron chi connectivity index (χ3n) is 3.50. The van der Waals surface area contributed by atoms with E-state index in [0.717, 1.165) is 12.8 Å². The molecule has 1 aliphatic rings. The number of carboxylic acid groups (broad SMARTS) is 1.